The monoisotopic (exact) mass is 249 g/mol. The van der Waals surface area contributed by atoms with Gasteiger partial charge >= 0.3 is 6.09 Å². The minimum Gasteiger partial charge on any atom is -0.449 e. The molecule has 1 amide bonds. The third-order valence-electron chi connectivity index (χ3n) is 2.76. The Balaban J connectivity index is 2.22. The Kier molecular flexibility index (Phi) is 4.33. The number of alkyl carbamates (subject to hydrolysis) is 1. The molecular formula is C12H21F2NO2. The highest BCUT2D eigenvalue weighted by molar-refractivity contribution is 5.68. The van der Waals surface area contributed by atoms with Crippen molar-refractivity contribution in [3.8, 4) is 0 Å². The number of halogens is 2. The number of carbonyl (C=O) groups excluding carboxylic acids is 1. The fraction of sp³-hybridized carbons (Fsp3) is 0.917. The third-order valence-corrected chi connectivity index (χ3v) is 2.76. The molecule has 1 rings (SSSR count). The molecule has 1 saturated carbocycles. The van der Waals surface area contributed by atoms with Gasteiger partial charge in [-0.2, -0.15) is 0 Å². The molecule has 5 heteroatoms. The van der Waals surface area contributed by atoms with Crippen molar-refractivity contribution in [1.82, 2.24) is 5.32 Å². The van der Waals surface area contributed by atoms with Crippen LogP contribution in [0.4, 0.5) is 13.6 Å². The van der Waals surface area contributed by atoms with Crippen LogP contribution < -0.4 is 5.32 Å². The van der Waals surface area contributed by atoms with Crippen LogP contribution in [0.25, 0.3) is 0 Å². The predicted octanol–water partition coefficient (Wildman–Crippen LogP) is 3.34. The molecule has 1 aliphatic carbocycles. The summed E-state index contributed by atoms with van der Waals surface area (Å²) in [4.78, 5) is 11.3. The lowest BCUT2D eigenvalue weighted by Crippen LogP contribution is -2.41. The van der Waals surface area contributed by atoms with E-state index in [4.69, 9.17) is 4.74 Å². The maximum absolute atomic E-state index is 12.9. The molecule has 0 unspecified atom stereocenters. The van der Waals surface area contributed by atoms with E-state index in [-0.39, 0.29) is 30.9 Å². The number of hydrogen-bond donors (Lipinski definition) is 1. The van der Waals surface area contributed by atoms with Gasteiger partial charge in [0.2, 0.25) is 5.92 Å². The van der Waals surface area contributed by atoms with Crippen molar-refractivity contribution in [2.24, 2.45) is 5.92 Å². The third kappa shape index (κ3) is 5.84. The lowest BCUT2D eigenvalue weighted by molar-refractivity contribution is -0.0517. The lowest BCUT2D eigenvalue weighted by Gasteiger charge is -2.28. The molecule has 17 heavy (non-hydrogen) atoms. The summed E-state index contributed by atoms with van der Waals surface area (Å²) >= 11 is 0. The molecule has 1 N–H and O–H groups in total. The predicted molar refractivity (Wildman–Crippen MR) is 61.1 cm³/mol. The number of rotatable bonds is 2. The highest BCUT2D eigenvalue weighted by Crippen LogP contribution is 2.36. The van der Waals surface area contributed by atoms with Gasteiger partial charge < -0.3 is 10.1 Å². The van der Waals surface area contributed by atoms with Gasteiger partial charge in [0.25, 0.3) is 0 Å². The fourth-order valence-corrected chi connectivity index (χ4v) is 1.80. The van der Waals surface area contributed by atoms with Crippen LogP contribution in [-0.4, -0.2) is 24.2 Å². The summed E-state index contributed by atoms with van der Waals surface area (Å²) in [6, 6.07) is 0. The quantitative estimate of drug-likeness (QED) is 0.815. The van der Waals surface area contributed by atoms with Gasteiger partial charge in [-0.15, -0.1) is 0 Å². The van der Waals surface area contributed by atoms with E-state index in [1.807, 2.05) is 20.8 Å². The van der Waals surface area contributed by atoms with Gasteiger partial charge in [-0.05, 0) is 39.5 Å². The smallest absolute Gasteiger partial charge is 0.407 e. The van der Waals surface area contributed by atoms with Crippen LogP contribution in [-0.2, 0) is 4.74 Å². The van der Waals surface area contributed by atoms with Gasteiger partial charge in [0.15, 0.2) is 0 Å². The lowest BCUT2D eigenvalue weighted by atomic mass is 9.87. The Morgan fingerprint density at radius 2 is 1.88 bits per heavy atom. The second-order valence-corrected chi connectivity index (χ2v) is 5.77. The summed E-state index contributed by atoms with van der Waals surface area (Å²) in [6.07, 6.45) is 0.185. The minimum absolute atomic E-state index is 0.0698. The van der Waals surface area contributed by atoms with E-state index in [9.17, 15) is 13.6 Å². The highest BCUT2D eigenvalue weighted by Gasteiger charge is 2.35. The van der Waals surface area contributed by atoms with Gasteiger partial charge in [0.1, 0.15) is 0 Å². The Labute approximate surface area is 101 Å². The zero-order chi connectivity index (χ0) is 13.1. The van der Waals surface area contributed by atoms with Crippen LogP contribution >= 0.6 is 0 Å². The number of nitrogens with one attached hydrogen (secondary N) is 1. The maximum Gasteiger partial charge on any atom is 0.407 e. The summed E-state index contributed by atoms with van der Waals surface area (Å²) in [7, 11) is 0. The van der Waals surface area contributed by atoms with E-state index in [0.29, 0.717) is 12.8 Å². The molecule has 0 aliphatic heterocycles. The van der Waals surface area contributed by atoms with Crippen molar-refractivity contribution in [2.75, 3.05) is 6.61 Å². The molecule has 0 bridgehead atoms. The molecule has 0 aromatic rings. The zero-order valence-electron chi connectivity index (χ0n) is 10.7. The van der Waals surface area contributed by atoms with E-state index in [2.05, 4.69) is 5.32 Å². The van der Waals surface area contributed by atoms with Gasteiger partial charge in [-0.25, -0.2) is 13.6 Å². The number of hydrogen-bond acceptors (Lipinski definition) is 2. The number of carbonyl (C=O) groups is 1. The molecule has 1 aliphatic rings. The van der Waals surface area contributed by atoms with Crippen LogP contribution in [0.5, 0.6) is 0 Å². The van der Waals surface area contributed by atoms with Crippen molar-refractivity contribution >= 4 is 6.09 Å². The average Bonchev–Trinajstić information content (AvgIpc) is 2.13. The van der Waals surface area contributed by atoms with E-state index in [0.717, 1.165) is 0 Å². The molecule has 0 aromatic carbocycles. The van der Waals surface area contributed by atoms with Crippen LogP contribution in [0, 0.1) is 5.92 Å². The van der Waals surface area contributed by atoms with Crippen molar-refractivity contribution < 1.29 is 18.3 Å². The van der Waals surface area contributed by atoms with Crippen LogP contribution in [0.2, 0.25) is 0 Å². The molecule has 0 heterocycles. The summed E-state index contributed by atoms with van der Waals surface area (Å²) in [5.74, 6) is -2.45. The minimum atomic E-state index is -2.52. The standard InChI is InChI=1S/C12H21F2NO2/c1-11(2,3)15-10(16)17-8-9-4-6-12(13,14)7-5-9/h9H,4-8H2,1-3H3,(H,15,16). The van der Waals surface area contributed by atoms with Gasteiger partial charge in [0, 0.05) is 18.4 Å². The Morgan fingerprint density at radius 3 is 2.35 bits per heavy atom. The number of ether oxygens (including phenoxy) is 1. The summed E-state index contributed by atoms with van der Waals surface area (Å²) in [5, 5.41) is 2.67. The Bertz CT molecular complexity index is 264. The van der Waals surface area contributed by atoms with Crippen LogP contribution in [0.3, 0.4) is 0 Å². The van der Waals surface area contributed by atoms with Gasteiger partial charge in [-0.1, -0.05) is 0 Å². The summed E-state index contributed by atoms with van der Waals surface area (Å²) in [6.45, 7) is 5.80. The largest absolute Gasteiger partial charge is 0.449 e. The molecular weight excluding hydrogens is 228 g/mol. The number of alkyl halides is 2. The molecule has 0 saturated heterocycles. The first-order chi connectivity index (χ1) is 7.68. The summed E-state index contributed by atoms with van der Waals surface area (Å²) < 4.78 is 30.8. The molecule has 1 fully saturated rings. The van der Waals surface area contributed by atoms with Gasteiger partial charge in [0.05, 0.1) is 6.61 Å². The van der Waals surface area contributed by atoms with E-state index >= 15 is 0 Å². The van der Waals surface area contributed by atoms with Crippen molar-refractivity contribution in [3.63, 3.8) is 0 Å². The van der Waals surface area contributed by atoms with Crippen LogP contribution in [0.1, 0.15) is 46.5 Å². The summed E-state index contributed by atoms with van der Waals surface area (Å²) in [5.41, 5.74) is -0.337. The second kappa shape index (κ2) is 5.19. The second-order valence-electron chi connectivity index (χ2n) is 5.77. The molecule has 0 atom stereocenters. The normalized spacial score (nSPS) is 21.0. The first-order valence-corrected chi connectivity index (χ1v) is 6.01. The first kappa shape index (κ1) is 14.2. The van der Waals surface area contributed by atoms with Crippen molar-refractivity contribution in [1.29, 1.82) is 0 Å². The SMILES string of the molecule is CC(C)(C)NC(=O)OCC1CCC(F)(F)CC1. The maximum atomic E-state index is 12.9. The molecule has 0 aromatic heterocycles. The Morgan fingerprint density at radius 1 is 1.35 bits per heavy atom. The fourth-order valence-electron chi connectivity index (χ4n) is 1.80. The van der Waals surface area contributed by atoms with Crippen molar-refractivity contribution in [3.05, 3.63) is 0 Å². The Hall–Kier alpha value is -0.870. The highest BCUT2D eigenvalue weighted by atomic mass is 19.3. The zero-order valence-corrected chi connectivity index (χ0v) is 10.7. The van der Waals surface area contributed by atoms with Gasteiger partial charge in [-0.3, -0.25) is 0 Å². The molecule has 0 radical (unpaired) electrons. The molecule has 3 nitrogen and oxygen atoms in total. The topological polar surface area (TPSA) is 38.3 Å². The van der Waals surface area contributed by atoms with Crippen molar-refractivity contribution in [2.45, 2.75) is 57.9 Å². The first-order valence-electron chi connectivity index (χ1n) is 6.01. The van der Waals surface area contributed by atoms with E-state index in [1.54, 1.807) is 0 Å². The number of amides is 1. The van der Waals surface area contributed by atoms with E-state index in [1.165, 1.54) is 0 Å². The average molecular weight is 249 g/mol. The molecule has 0 spiro atoms. The van der Waals surface area contributed by atoms with E-state index < -0.39 is 12.0 Å². The molecule has 100 valence electrons. The van der Waals surface area contributed by atoms with Crippen LogP contribution in [0.15, 0.2) is 0 Å².